The third kappa shape index (κ3) is 8.80. The van der Waals surface area contributed by atoms with Gasteiger partial charge in [0.2, 0.25) is 0 Å². The van der Waals surface area contributed by atoms with Crippen molar-refractivity contribution in [3.05, 3.63) is 64.2 Å². The first-order valence-corrected chi connectivity index (χ1v) is 16.4. The molecular formula is C32H45ClN2O3S. The van der Waals surface area contributed by atoms with E-state index in [0.29, 0.717) is 23.8 Å². The van der Waals surface area contributed by atoms with Gasteiger partial charge in [-0.05, 0) is 98.0 Å². The van der Waals surface area contributed by atoms with Gasteiger partial charge < -0.3 is 9.64 Å². The first-order chi connectivity index (χ1) is 18.8. The van der Waals surface area contributed by atoms with Gasteiger partial charge in [0.1, 0.15) is 16.7 Å². The monoisotopic (exact) mass is 572 g/mol. The lowest BCUT2D eigenvalue weighted by atomic mass is 9.71. The molecule has 2 aliphatic heterocycles. The van der Waals surface area contributed by atoms with Gasteiger partial charge in [-0.25, -0.2) is 4.21 Å². The van der Waals surface area contributed by atoms with E-state index < -0.39 is 11.0 Å². The van der Waals surface area contributed by atoms with Crippen molar-refractivity contribution in [3.8, 4) is 5.75 Å². The fraction of sp³-hybridized carbons (Fsp3) is 0.594. The molecule has 5 rings (SSSR count). The number of fused-ring (bicyclic) bond motifs is 15. The second-order valence-electron chi connectivity index (χ2n) is 11.8. The predicted octanol–water partition coefficient (Wildman–Crippen LogP) is 7.02. The number of rotatable bonds is 3. The Balaban J connectivity index is 1.54. The fourth-order valence-corrected chi connectivity index (χ4v) is 7.44. The SMILES string of the molecule is CCCc1cc(Cl)ccc1C1COc2ccc(cc2)C(=O)NS(=O)C[C@H](C)CCCCC2CCC2CN(C)C1. The van der Waals surface area contributed by atoms with Crippen LogP contribution in [-0.4, -0.2) is 47.5 Å². The number of nitrogens with zero attached hydrogens (tertiary/aromatic N) is 1. The number of likely N-dealkylation sites (N-methyl/N-ethyl adjacent to an activating group) is 1. The van der Waals surface area contributed by atoms with E-state index in [2.05, 4.69) is 42.6 Å². The van der Waals surface area contributed by atoms with Crippen LogP contribution in [0.2, 0.25) is 5.02 Å². The van der Waals surface area contributed by atoms with Gasteiger partial charge in [0.15, 0.2) is 0 Å². The van der Waals surface area contributed by atoms with Crippen LogP contribution in [0.5, 0.6) is 5.75 Å². The number of amides is 1. The van der Waals surface area contributed by atoms with Crippen LogP contribution in [0.25, 0.3) is 0 Å². The van der Waals surface area contributed by atoms with E-state index in [9.17, 15) is 9.00 Å². The van der Waals surface area contributed by atoms with Crippen LogP contribution < -0.4 is 9.46 Å². The summed E-state index contributed by atoms with van der Waals surface area (Å²) in [6, 6.07) is 13.4. The number of halogens is 1. The van der Waals surface area contributed by atoms with Crippen molar-refractivity contribution >= 4 is 28.5 Å². The van der Waals surface area contributed by atoms with Crippen molar-refractivity contribution in [2.45, 2.75) is 71.1 Å². The van der Waals surface area contributed by atoms with E-state index in [1.807, 2.05) is 18.2 Å². The largest absolute Gasteiger partial charge is 0.493 e. The lowest BCUT2D eigenvalue weighted by Crippen LogP contribution is -2.38. The number of benzene rings is 2. The Hall–Kier alpha value is -1.89. The van der Waals surface area contributed by atoms with E-state index in [-0.39, 0.29) is 11.8 Å². The Labute approximate surface area is 242 Å². The number of carbonyl (C=O) groups excluding carboxylic acids is 1. The summed E-state index contributed by atoms with van der Waals surface area (Å²) in [5, 5.41) is 0.778. The summed E-state index contributed by atoms with van der Waals surface area (Å²) in [5.41, 5.74) is 3.10. The smallest absolute Gasteiger partial charge is 0.262 e. The van der Waals surface area contributed by atoms with Gasteiger partial charge in [0.25, 0.3) is 5.91 Å². The van der Waals surface area contributed by atoms with Gasteiger partial charge in [-0.15, -0.1) is 0 Å². The molecule has 7 heteroatoms. The molecule has 1 saturated carbocycles. The zero-order valence-corrected chi connectivity index (χ0v) is 25.4. The minimum absolute atomic E-state index is 0.202. The van der Waals surface area contributed by atoms with Crippen LogP contribution in [0.15, 0.2) is 42.5 Å². The third-order valence-electron chi connectivity index (χ3n) is 8.45. The highest BCUT2D eigenvalue weighted by Crippen LogP contribution is 2.39. The maximum Gasteiger partial charge on any atom is 0.262 e. The van der Waals surface area contributed by atoms with Crippen LogP contribution >= 0.6 is 11.6 Å². The highest BCUT2D eigenvalue weighted by molar-refractivity contribution is 7.83. The normalized spacial score (nSPS) is 27.9. The molecule has 1 aliphatic carbocycles. The molecule has 2 aromatic rings. The number of hydrogen-bond donors (Lipinski definition) is 1. The quantitative estimate of drug-likeness (QED) is 0.429. The first-order valence-electron chi connectivity index (χ1n) is 14.7. The molecule has 0 aromatic heterocycles. The average Bonchev–Trinajstić information content (AvgIpc) is 2.89. The molecule has 3 aliphatic rings. The van der Waals surface area contributed by atoms with Crippen molar-refractivity contribution in [2.24, 2.45) is 17.8 Å². The van der Waals surface area contributed by atoms with Crippen LogP contribution in [0.3, 0.4) is 0 Å². The highest BCUT2D eigenvalue weighted by atomic mass is 35.5. The zero-order chi connectivity index (χ0) is 27.8. The van der Waals surface area contributed by atoms with Crippen molar-refractivity contribution in [3.63, 3.8) is 0 Å². The summed E-state index contributed by atoms with van der Waals surface area (Å²) < 4.78 is 21.6. The number of nitrogens with one attached hydrogen (secondary N) is 1. The van der Waals surface area contributed by atoms with Gasteiger partial charge in [-0.2, -0.15) is 0 Å². The maximum absolute atomic E-state index is 12.7. The van der Waals surface area contributed by atoms with Gasteiger partial charge in [-0.3, -0.25) is 9.52 Å². The van der Waals surface area contributed by atoms with Gasteiger partial charge in [0, 0.05) is 35.3 Å². The molecule has 2 aromatic carbocycles. The summed E-state index contributed by atoms with van der Waals surface area (Å²) in [4.78, 5) is 15.2. The summed E-state index contributed by atoms with van der Waals surface area (Å²) in [6.45, 7) is 6.93. The molecule has 214 valence electrons. The minimum atomic E-state index is -1.38. The lowest BCUT2D eigenvalue weighted by molar-refractivity contribution is 0.0982. The van der Waals surface area contributed by atoms with E-state index >= 15 is 0 Å². The summed E-state index contributed by atoms with van der Waals surface area (Å²) >= 11 is 6.39. The van der Waals surface area contributed by atoms with Crippen molar-refractivity contribution in [1.29, 1.82) is 0 Å². The van der Waals surface area contributed by atoms with Crippen molar-refractivity contribution < 1.29 is 13.7 Å². The number of ether oxygens (including phenoxy) is 1. The van der Waals surface area contributed by atoms with Gasteiger partial charge in [-0.1, -0.05) is 57.2 Å². The standard InChI is InChI=1S/C32H45ClN2O3S/c1-4-7-26-18-29(33)14-17-31(26)28-20-35(3)19-27-11-10-24(27)9-6-5-8-23(2)22-39(37)34-32(36)25-12-15-30(16-13-25)38-21-28/h12-18,23-24,27-28H,4-11,19-22H2,1-3H3,(H,34,36)/t23-,24?,27?,28?,39?/m1/s1. The van der Waals surface area contributed by atoms with Crippen molar-refractivity contribution in [1.82, 2.24) is 9.62 Å². The molecule has 1 N–H and O–H groups in total. The van der Waals surface area contributed by atoms with E-state index in [1.54, 1.807) is 12.1 Å². The molecule has 39 heavy (non-hydrogen) atoms. The molecular weight excluding hydrogens is 528 g/mol. The molecule has 5 atom stereocenters. The third-order valence-corrected chi connectivity index (χ3v) is 9.97. The second kappa shape index (κ2) is 14.7. The Morgan fingerprint density at radius 3 is 2.49 bits per heavy atom. The molecule has 2 bridgehead atoms. The van der Waals surface area contributed by atoms with Gasteiger partial charge in [0.05, 0.1) is 6.61 Å². The van der Waals surface area contributed by atoms with E-state index in [1.165, 1.54) is 36.8 Å². The summed E-state index contributed by atoms with van der Waals surface area (Å²) in [7, 11) is 0.876. The molecule has 5 nitrogen and oxygen atoms in total. The molecule has 4 unspecified atom stereocenters. The second-order valence-corrected chi connectivity index (χ2v) is 13.4. The Bertz CT molecular complexity index is 1110. The van der Waals surface area contributed by atoms with Crippen LogP contribution in [0.1, 0.15) is 86.2 Å². The van der Waals surface area contributed by atoms with Crippen molar-refractivity contribution in [2.75, 3.05) is 32.5 Å². The first kappa shape index (κ1) is 30.1. The molecule has 1 fully saturated rings. The number of carbonyl (C=O) groups is 1. The molecule has 0 saturated heterocycles. The maximum atomic E-state index is 12.7. The van der Waals surface area contributed by atoms with Crippen LogP contribution in [0, 0.1) is 17.8 Å². The topological polar surface area (TPSA) is 58.6 Å². The van der Waals surface area contributed by atoms with Crippen LogP contribution in [0.4, 0.5) is 0 Å². The van der Waals surface area contributed by atoms with Gasteiger partial charge >= 0.3 is 0 Å². The highest BCUT2D eigenvalue weighted by Gasteiger charge is 2.31. The predicted molar refractivity (Wildman–Crippen MR) is 162 cm³/mol. The Morgan fingerprint density at radius 2 is 1.77 bits per heavy atom. The molecule has 0 spiro atoms. The summed E-state index contributed by atoms with van der Waals surface area (Å²) in [5.74, 6) is 3.01. The molecule has 1 amide bonds. The average molecular weight is 573 g/mol. The number of aryl methyl sites for hydroxylation is 1. The molecule has 2 heterocycles. The fourth-order valence-electron chi connectivity index (χ4n) is 6.15. The number of hydrogen-bond acceptors (Lipinski definition) is 4. The molecule has 0 radical (unpaired) electrons. The Kier molecular flexibility index (Phi) is 11.3. The Morgan fingerprint density at radius 1 is 1.03 bits per heavy atom. The van der Waals surface area contributed by atoms with E-state index in [4.69, 9.17) is 16.3 Å². The van der Waals surface area contributed by atoms with Crippen LogP contribution in [-0.2, 0) is 17.4 Å². The lowest BCUT2D eigenvalue weighted by Gasteiger charge is -2.40. The van der Waals surface area contributed by atoms with E-state index in [0.717, 1.165) is 61.4 Å². The minimum Gasteiger partial charge on any atom is -0.493 e. The summed E-state index contributed by atoms with van der Waals surface area (Å²) in [6.07, 6.45) is 9.42. The zero-order valence-electron chi connectivity index (χ0n) is 23.8.